The second-order valence-electron chi connectivity index (χ2n) is 9.37. The van der Waals surface area contributed by atoms with Crippen molar-refractivity contribution in [1.29, 1.82) is 0 Å². The Labute approximate surface area is 207 Å². The van der Waals surface area contributed by atoms with Gasteiger partial charge in [-0.3, -0.25) is 4.98 Å². The van der Waals surface area contributed by atoms with Gasteiger partial charge < -0.3 is 14.4 Å². The predicted octanol–water partition coefficient (Wildman–Crippen LogP) is 4.11. The number of piperidine rings is 1. The SMILES string of the molecule is CN(C1CCN(CCCCOc2ccc3c(c2)CCO3)CC1)S(=O)(=O)c1cccc2cnccc12. The van der Waals surface area contributed by atoms with Crippen molar-refractivity contribution in [3.63, 3.8) is 0 Å². The number of unbranched alkanes of at least 4 members (excludes halogenated alkanes) is 1. The average molecular weight is 496 g/mol. The molecule has 0 unspecified atom stereocenters. The first kappa shape index (κ1) is 24.0. The normalized spacial score (nSPS) is 17.0. The molecule has 3 heterocycles. The Balaban J connectivity index is 1.07. The second kappa shape index (κ2) is 10.5. The summed E-state index contributed by atoms with van der Waals surface area (Å²) in [7, 11) is -1.85. The van der Waals surface area contributed by atoms with Crippen LogP contribution in [-0.4, -0.2) is 68.5 Å². The highest BCUT2D eigenvalue weighted by Crippen LogP contribution is 2.30. The molecule has 2 aliphatic heterocycles. The lowest BCUT2D eigenvalue weighted by molar-refractivity contribution is 0.165. The third-order valence-electron chi connectivity index (χ3n) is 7.17. The maximum absolute atomic E-state index is 13.4. The van der Waals surface area contributed by atoms with Gasteiger partial charge in [-0.2, -0.15) is 4.31 Å². The smallest absolute Gasteiger partial charge is 0.243 e. The summed E-state index contributed by atoms with van der Waals surface area (Å²) in [5.41, 5.74) is 1.23. The maximum Gasteiger partial charge on any atom is 0.243 e. The summed E-state index contributed by atoms with van der Waals surface area (Å²) in [6.07, 6.45) is 8.06. The minimum absolute atomic E-state index is 0.0143. The summed E-state index contributed by atoms with van der Waals surface area (Å²) < 4.78 is 39.9. The number of fused-ring (bicyclic) bond motifs is 2. The zero-order chi connectivity index (χ0) is 24.3. The molecule has 0 amide bonds. The number of pyridine rings is 1. The third-order valence-corrected chi connectivity index (χ3v) is 9.14. The first-order chi connectivity index (χ1) is 17.0. The van der Waals surface area contributed by atoms with Gasteiger partial charge in [-0.1, -0.05) is 12.1 Å². The van der Waals surface area contributed by atoms with E-state index in [-0.39, 0.29) is 6.04 Å². The molecule has 7 nitrogen and oxygen atoms in total. The van der Waals surface area contributed by atoms with Gasteiger partial charge in [0.1, 0.15) is 11.5 Å². The molecule has 5 rings (SSSR count). The fourth-order valence-corrected chi connectivity index (χ4v) is 6.68. The molecule has 0 aliphatic carbocycles. The molecule has 0 radical (unpaired) electrons. The monoisotopic (exact) mass is 495 g/mol. The fourth-order valence-electron chi connectivity index (χ4n) is 5.06. The van der Waals surface area contributed by atoms with Gasteiger partial charge in [0.2, 0.25) is 10.0 Å². The van der Waals surface area contributed by atoms with Crippen LogP contribution in [-0.2, 0) is 16.4 Å². The third kappa shape index (κ3) is 5.29. The highest BCUT2D eigenvalue weighted by molar-refractivity contribution is 7.89. The molecule has 1 fully saturated rings. The Bertz CT molecular complexity index is 1270. The van der Waals surface area contributed by atoms with E-state index in [1.54, 1.807) is 41.9 Å². The molecule has 0 saturated carbocycles. The number of aromatic nitrogens is 1. The molecule has 1 saturated heterocycles. The summed E-state index contributed by atoms with van der Waals surface area (Å²) in [6.45, 7) is 4.31. The van der Waals surface area contributed by atoms with Crippen molar-refractivity contribution in [3.8, 4) is 11.5 Å². The quantitative estimate of drug-likeness (QED) is 0.416. The van der Waals surface area contributed by atoms with Gasteiger partial charge in [0, 0.05) is 48.2 Å². The van der Waals surface area contributed by atoms with Crippen LogP contribution in [0.2, 0.25) is 0 Å². The lowest BCUT2D eigenvalue weighted by atomic mass is 10.1. The zero-order valence-electron chi connectivity index (χ0n) is 20.2. The van der Waals surface area contributed by atoms with Gasteiger partial charge in [-0.25, -0.2) is 8.42 Å². The Morgan fingerprint density at radius 3 is 2.86 bits per heavy atom. The van der Waals surface area contributed by atoms with Crippen molar-refractivity contribution in [2.24, 2.45) is 0 Å². The topological polar surface area (TPSA) is 72.0 Å². The molecule has 0 N–H and O–H groups in total. The van der Waals surface area contributed by atoms with Crippen LogP contribution < -0.4 is 9.47 Å². The highest BCUT2D eigenvalue weighted by atomic mass is 32.2. The summed E-state index contributed by atoms with van der Waals surface area (Å²) in [5, 5.41) is 1.56. The van der Waals surface area contributed by atoms with E-state index in [2.05, 4.69) is 16.0 Å². The van der Waals surface area contributed by atoms with Gasteiger partial charge in [0.15, 0.2) is 0 Å². The standard InChI is InChI=1S/C27H33N3O4S/c1-29(35(31,32)27-6-4-5-22-20-28-13-9-25(22)27)23-10-15-30(16-11-23)14-2-3-17-33-24-7-8-26-21(19-24)12-18-34-26/h4-9,13,19-20,23H,2-3,10-12,14-18H2,1H3. The number of sulfonamides is 1. The van der Waals surface area contributed by atoms with E-state index >= 15 is 0 Å². The lowest BCUT2D eigenvalue weighted by Gasteiger charge is -2.36. The molecule has 2 aliphatic rings. The number of ether oxygens (including phenoxy) is 2. The number of hydrogen-bond acceptors (Lipinski definition) is 6. The van der Waals surface area contributed by atoms with Crippen molar-refractivity contribution in [3.05, 3.63) is 60.4 Å². The number of hydrogen-bond donors (Lipinski definition) is 0. The van der Waals surface area contributed by atoms with E-state index in [4.69, 9.17) is 9.47 Å². The summed E-state index contributed by atoms with van der Waals surface area (Å²) in [4.78, 5) is 6.91. The molecule has 0 spiro atoms. The van der Waals surface area contributed by atoms with Crippen molar-refractivity contribution in [1.82, 2.24) is 14.2 Å². The summed E-state index contributed by atoms with van der Waals surface area (Å²) >= 11 is 0. The van der Waals surface area contributed by atoms with Crippen molar-refractivity contribution in [2.45, 2.75) is 43.0 Å². The molecule has 0 bridgehead atoms. The average Bonchev–Trinajstić information content (AvgIpc) is 3.36. The number of benzene rings is 2. The van der Waals surface area contributed by atoms with Crippen LogP contribution in [0.4, 0.5) is 0 Å². The Hall–Kier alpha value is -2.68. The molecule has 35 heavy (non-hydrogen) atoms. The lowest BCUT2D eigenvalue weighted by Crippen LogP contribution is -2.45. The molecular formula is C27H33N3O4S. The van der Waals surface area contributed by atoms with Crippen molar-refractivity contribution in [2.75, 3.05) is 39.9 Å². The van der Waals surface area contributed by atoms with Crippen LogP contribution in [0.25, 0.3) is 10.8 Å². The second-order valence-corrected chi connectivity index (χ2v) is 11.3. The van der Waals surface area contributed by atoms with E-state index in [9.17, 15) is 8.42 Å². The van der Waals surface area contributed by atoms with Crippen LogP contribution in [0.3, 0.4) is 0 Å². The minimum atomic E-state index is -3.57. The number of nitrogens with zero attached hydrogens (tertiary/aromatic N) is 3. The van der Waals surface area contributed by atoms with Gasteiger partial charge in [-0.05, 0) is 75.6 Å². The highest BCUT2D eigenvalue weighted by Gasteiger charge is 2.31. The van der Waals surface area contributed by atoms with Crippen LogP contribution in [0.1, 0.15) is 31.2 Å². The number of likely N-dealkylation sites (tertiary alicyclic amines) is 1. The minimum Gasteiger partial charge on any atom is -0.494 e. The van der Waals surface area contributed by atoms with Crippen molar-refractivity contribution >= 4 is 20.8 Å². The molecule has 1 aromatic heterocycles. The number of rotatable bonds is 9. The van der Waals surface area contributed by atoms with E-state index < -0.39 is 10.0 Å². The van der Waals surface area contributed by atoms with Crippen LogP contribution in [0, 0.1) is 0 Å². The first-order valence-corrected chi connectivity index (χ1v) is 13.9. The molecule has 2 aromatic carbocycles. The van der Waals surface area contributed by atoms with E-state index in [0.717, 1.165) is 80.6 Å². The van der Waals surface area contributed by atoms with Gasteiger partial charge >= 0.3 is 0 Å². The maximum atomic E-state index is 13.4. The summed E-state index contributed by atoms with van der Waals surface area (Å²) in [5.74, 6) is 1.90. The molecule has 186 valence electrons. The van der Waals surface area contributed by atoms with Crippen LogP contribution in [0.15, 0.2) is 59.8 Å². The largest absolute Gasteiger partial charge is 0.494 e. The van der Waals surface area contributed by atoms with E-state index in [1.807, 2.05) is 18.2 Å². The Morgan fingerprint density at radius 1 is 1.14 bits per heavy atom. The van der Waals surface area contributed by atoms with E-state index in [0.29, 0.717) is 11.5 Å². The van der Waals surface area contributed by atoms with Crippen molar-refractivity contribution < 1.29 is 17.9 Å². The van der Waals surface area contributed by atoms with Gasteiger partial charge in [0.25, 0.3) is 0 Å². The molecule has 3 aromatic rings. The Morgan fingerprint density at radius 2 is 2.00 bits per heavy atom. The van der Waals surface area contributed by atoms with E-state index in [1.165, 1.54) is 5.56 Å². The first-order valence-electron chi connectivity index (χ1n) is 12.4. The molecule has 0 atom stereocenters. The molecular weight excluding hydrogens is 462 g/mol. The van der Waals surface area contributed by atoms with Gasteiger partial charge in [0.05, 0.1) is 18.1 Å². The van der Waals surface area contributed by atoms with Crippen LogP contribution >= 0.6 is 0 Å². The fraction of sp³-hybridized carbons (Fsp3) is 0.444. The zero-order valence-corrected chi connectivity index (χ0v) is 21.0. The molecule has 8 heteroatoms. The Kier molecular flexibility index (Phi) is 7.22. The van der Waals surface area contributed by atoms with Crippen LogP contribution in [0.5, 0.6) is 11.5 Å². The summed E-state index contributed by atoms with van der Waals surface area (Å²) in [6, 6.07) is 13.2. The van der Waals surface area contributed by atoms with Gasteiger partial charge in [-0.15, -0.1) is 0 Å². The predicted molar refractivity (Wildman–Crippen MR) is 137 cm³/mol.